The first-order valence-electron chi connectivity index (χ1n) is 6.39. The summed E-state index contributed by atoms with van der Waals surface area (Å²) in [6.07, 6.45) is 7.39. The van der Waals surface area contributed by atoms with Crippen LogP contribution < -0.4 is 5.32 Å². The fourth-order valence-corrected chi connectivity index (χ4v) is 3.59. The first-order chi connectivity index (χ1) is 8.29. The average Bonchev–Trinajstić information content (AvgIpc) is 2.84. The van der Waals surface area contributed by atoms with Gasteiger partial charge in [-0.3, -0.25) is 0 Å². The van der Waals surface area contributed by atoms with Crippen LogP contribution in [0.4, 0.5) is 0 Å². The standard InChI is InChI=1S/C13H21N3S/c1-10-7-8-15-13(16-10)17-9-12(14-2)11-5-3-4-6-11/h7-8,11-12,14H,3-6,9H2,1-2H3. The molecule has 0 spiro atoms. The molecule has 0 bridgehead atoms. The molecule has 0 aliphatic heterocycles. The van der Waals surface area contributed by atoms with Crippen LogP contribution >= 0.6 is 11.8 Å². The normalized spacial score (nSPS) is 18.5. The molecular weight excluding hydrogens is 230 g/mol. The van der Waals surface area contributed by atoms with Crippen molar-refractivity contribution in [2.75, 3.05) is 12.8 Å². The van der Waals surface area contributed by atoms with Crippen molar-refractivity contribution in [1.29, 1.82) is 0 Å². The van der Waals surface area contributed by atoms with Gasteiger partial charge in [-0.1, -0.05) is 24.6 Å². The summed E-state index contributed by atoms with van der Waals surface area (Å²) in [4.78, 5) is 8.73. The fraction of sp³-hybridized carbons (Fsp3) is 0.692. The monoisotopic (exact) mass is 251 g/mol. The molecule has 94 valence electrons. The molecular formula is C13H21N3S. The van der Waals surface area contributed by atoms with E-state index in [0.717, 1.165) is 22.5 Å². The highest BCUT2D eigenvalue weighted by Crippen LogP contribution is 2.29. The zero-order valence-electron chi connectivity index (χ0n) is 10.6. The smallest absolute Gasteiger partial charge is 0.187 e. The van der Waals surface area contributed by atoms with Gasteiger partial charge < -0.3 is 5.32 Å². The van der Waals surface area contributed by atoms with E-state index in [4.69, 9.17) is 0 Å². The van der Waals surface area contributed by atoms with E-state index in [-0.39, 0.29) is 0 Å². The Labute approximate surface area is 108 Å². The Balaban J connectivity index is 1.87. The largest absolute Gasteiger partial charge is 0.316 e. The van der Waals surface area contributed by atoms with E-state index in [1.54, 1.807) is 11.8 Å². The molecule has 0 radical (unpaired) electrons. The Kier molecular flexibility index (Phi) is 4.80. The summed E-state index contributed by atoms with van der Waals surface area (Å²) in [6.45, 7) is 2.01. The van der Waals surface area contributed by atoms with Gasteiger partial charge in [-0.05, 0) is 38.8 Å². The van der Waals surface area contributed by atoms with E-state index in [9.17, 15) is 0 Å². The van der Waals surface area contributed by atoms with Crippen molar-refractivity contribution in [2.45, 2.75) is 43.8 Å². The van der Waals surface area contributed by atoms with Crippen molar-refractivity contribution in [3.05, 3.63) is 18.0 Å². The van der Waals surface area contributed by atoms with Crippen molar-refractivity contribution in [1.82, 2.24) is 15.3 Å². The maximum Gasteiger partial charge on any atom is 0.187 e. The molecule has 1 aliphatic carbocycles. The minimum absolute atomic E-state index is 0.603. The minimum Gasteiger partial charge on any atom is -0.316 e. The van der Waals surface area contributed by atoms with Gasteiger partial charge in [-0.2, -0.15) is 0 Å². The molecule has 1 N–H and O–H groups in total. The molecule has 17 heavy (non-hydrogen) atoms. The summed E-state index contributed by atoms with van der Waals surface area (Å²) in [5.74, 6) is 1.92. The van der Waals surface area contributed by atoms with E-state index in [1.165, 1.54) is 25.7 Å². The Hall–Kier alpha value is -0.610. The molecule has 1 aromatic heterocycles. The van der Waals surface area contributed by atoms with Crippen molar-refractivity contribution in [3.8, 4) is 0 Å². The van der Waals surface area contributed by atoms with Gasteiger partial charge in [0, 0.05) is 23.7 Å². The van der Waals surface area contributed by atoms with Crippen molar-refractivity contribution in [2.24, 2.45) is 5.92 Å². The van der Waals surface area contributed by atoms with Crippen molar-refractivity contribution >= 4 is 11.8 Å². The zero-order valence-corrected chi connectivity index (χ0v) is 11.5. The first kappa shape index (κ1) is 12.8. The Morgan fingerprint density at radius 1 is 1.47 bits per heavy atom. The number of nitrogens with one attached hydrogen (secondary N) is 1. The SMILES string of the molecule is CNC(CSc1nccc(C)n1)C1CCCC1. The second-order valence-corrected chi connectivity index (χ2v) is 5.72. The molecule has 1 saturated carbocycles. The number of aryl methyl sites for hydroxylation is 1. The number of aromatic nitrogens is 2. The van der Waals surface area contributed by atoms with E-state index in [2.05, 4.69) is 22.3 Å². The predicted molar refractivity (Wildman–Crippen MR) is 72.3 cm³/mol. The van der Waals surface area contributed by atoms with Crippen LogP contribution in [-0.2, 0) is 0 Å². The number of nitrogens with zero attached hydrogens (tertiary/aromatic N) is 2. The van der Waals surface area contributed by atoms with E-state index < -0.39 is 0 Å². The molecule has 1 atom stereocenters. The molecule has 3 nitrogen and oxygen atoms in total. The Bertz CT molecular complexity index is 350. The molecule has 0 saturated heterocycles. The van der Waals surface area contributed by atoms with Gasteiger partial charge in [0.05, 0.1) is 0 Å². The van der Waals surface area contributed by atoms with Gasteiger partial charge in [-0.15, -0.1) is 0 Å². The highest BCUT2D eigenvalue weighted by molar-refractivity contribution is 7.99. The van der Waals surface area contributed by atoms with Gasteiger partial charge in [0.15, 0.2) is 5.16 Å². The summed E-state index contributed by atoms with van der Waals surface area (Å²) in [7, 11) is 2.07. The van der Waals surface area contributed by atoms with E-state index in [0.29, 0.717) is 6.04 Å². The van der Waals surface area contributed by atoms with Crippen LogP contribution in [0.15, 0.2) is 17.4 Å². The molecule has 0 aromatic carbocycles. The molecule has 1 heterocycles. The summed E-state index contributed by atoms with van der Waals surface area (Å²) in [5.41, 5.74) is 1.05. The Morgan fingerprint density at radius 3 is 2.88 bits per heavy atom. The summed E-state index contributed by atoms with van der Waals surface area (Å²) in [6, 6.07) is 2.54. The summed E-state index contributed by atoms with van der Waals surface area (Å²) < 4.78 is 0. The third kappa shape index (κ3) is 3.68. The second-order valence-electron chi connectivity index (χ2n) is 4.73. The number of hydrogen-bond acceptors (Lipinski definition) is 4. The van der Waals surface area contributed by atoms with Crippen LogP contribution in [0, 0.1) is 12.8 Å². The fourth-order valence-electron chi connectivity index (χ4n) is 2.47. The van der Waals surface area contributed by atoms with Crippen LogP contribution in [0.5, 0.6) is 0 Å². The van der Waals surface area contributed by atoms with E-state index in [1.807, 2.05) is 19.2 Å². The first-order valence-corrected chi connectivity index (χ1v) is 7.38. The lowest BCUT2D eigenvalue weighted by Gasteiger charge is -2.22. The molecule has 1 aliphatic rings. The number of thioether (sulfide) groups is 1. The van der Waals surface area contributed by atoms with Crippen molar-refractivity contribution in [3.63, 3.8) is 0 Å². The van der Waals surface area contributed by atoms with Gasteiger partial charge in [0.1, 0.15) is 0 Å². The lowest BCUT2D eigenvalue weighted by Crippen LogP contribution is -2.34. The lowest BCUT2D eigenvalue weighted by atomic mass is 10.0. The molecule has 1 fully saturated rings. The van der Waals surface area contributed by atoms with Gasteiger partial charge in [-0.25, -0.2) is 9.97 Å². The highest BCUT2D eigenvalue weighted by atomic mass is 32.2. The van der Waals surface area contributed by atoms with Crippen LogP contribution in [-0.4, -0.2) is 28.8 Å². The molecule has 1 aromatic rings. The number of rotatable bonds is 5. The molecule has 4 heteroatoms. The second kappa shape index (κ2) is 6.36. The molecule has 0 amide bonds. The van der Waals surface area contributed by atoms with Crippen molar-refractivity contribution < 1.29 is 0 Å². The van der Waals surface area contributed by atoms with Gasteiger partial charge in [0.25, 0.3) is 0 Å². The minimum atomic E-state index is 0.603. The quantitative estimate of drug-likeness (QED) is 0.645. The zero-order chi connectivity index (χ0) is 12.1. The topological polar surface area (TPSA) is 37.8 Å². The Morgan fingerprint density at radius 2 is 2.24 bits per heavy atom. The van der Waals surface area contributed by atoms with Crippen LogP contribution in [0.2, 0.25) is 0 Å². The maximum absolute atomic E-state index is 4.43. The predicted octanol–water partition coefficient (Wildman–Crippen LogP) is 2.66. The highest BCUT2D eigenvalue weighted by Gasteiger charge is 2.23. The van der Waals surface area contributed by atoms with Crippen LogP contribution in [0.3, 0.4) is 0 Å². The van der Waals surface area contributed by atoms with Gasteiger partial charge in [0.2, 0.25) is 0 Å². The third-order valence-electron chi connectivity index (χ3n) is 3.50. The summed E-state index contributed by atoms with van der Waals surface area (Å²) >= 11 is 1.77. The molecule has 2 rings (SSSR count). The average molecular weight is 251 g/mol. The maximum atomic E-state index is 4.43. The number of hydrogen-bond donors (Lipinski definition) is 1. The van der Waals surface area contributed by atoms with Crippen LogP contribution in [0.1, 0.15) is 31.4 Å². The lowest BCUT2D eigenvalue weighted by molar-refractivity contribution is 0.410. The van der Waals surface area contributed by atoms with E-state index >= 15 is 0 Å². The third-order valence-corrected chi connectivity index (χ3v) is 4.49. The molecule has 1 unspecified atom stereocenters. The summed E-state index contributed by atoms with van der Waals surface area (Å²) in [5, 5.41) is 4.36. The van der Waals surface area contributed by atoms with Crippen LogP contribution in [0.25, 0.3) is 0 Å². The van der Waals surface area contributed by atoms with Gasteiger partial charge >= 0.3 is 0 Å².